The van der Waals surface area contributed by atoms with Crippen LogP contribution in [0.25, 0.3) is 0 Å². The van der Waals surface area contributed by atoms with E-state index in [2.05, 4.69) is 20.6 Å². The second-order valence-corrected chi connectivity index (χ2v) is 10.5. The molecule has 0 aliphatic rings. The lowest BCUT2D eigenvalue weighted by molar-refractivity contribution is 0.246. The highest BCUT2D eigenvalue weighted by Crippen LogP contribution is 2.23. The summed E-state index contributed by atoms with van der Waals surface area (Å²) in [5, 5.41) is 5.65. The maximum absolute atomic E-state index is 13.6. The summed E-state index contributed by atoms with van der Waals surface area (Å²) < 4.78 is 0. The number of aliphatic imine (C=N–C) groups is 2. The third-order valence-electron chi connectivity index (χ3n) is 7.15. The van der Waals surface area contributed by atoms with Crippen molar-refractivity contribution in [3.05, 3.63) is 149 Å². The highest BCUT2D eigenvalue weighted by Gasteiger charge is 2.24. The number of nitrogens with one attached hydrogen (secondary N) is 2. The molecule has 0 aliphatic heterocycles. The first-order valence-corrected chi connectivity index (χ1v) is 14.4. The van der Waals surface area contributed by atoms with Crippen molar-refractivity contribution in [2.45, 2.75) is 19.8 Å². The molecule has 5 aromatic rings. The van der Waals surface area contributed by atoms with Crippen molar-refractivity contribution in [3.8, 4) is 0 Å². The minimum absolute atomic E-state index is 0.389. The van der Waals surface area contributed by atoms with Crippen LogP contribution >= 0.6 is 0 Å². The van der Waals surface area contributed by atoms with Crippen LogP contribution in [0.1, 0.15) is 27.8 Å². The van der Waals surface area contributed by atoms with Crippen LogP contribution in [0, 0.1) is 6.92 Å². The van der Waals surface area contributed by atoms with E-state index in [1.54, 1.807) is 60.7 Å². The van der Waals surface area contributed by atoms with Gasteiger partial charge >= 0.3 is 12.1 Å². The number of rotatable bonds is 9. The molecule has 226 valence electrons. The van der Waals surface area contributed by atoms with Crippen LogP contribution in [0.2, 0.25) is 0 Å². The van der Waals surface area contributed by atoms with Gasteiger partial charge < -0.3 is 10.6 Å². The van der Waals surface area contributed by atoms with Crippen molar-refractivity contribution < 1.29 is 19.2 Å². The maximum atomic E-state index is 13.6. The Hall–Kier alpha value is -6.40. The van der Waals surface area contributed by atoms with Gasteiger partial charge in [0.25, 0.3) is 0 Å². The Balaban J connectivity index is 1.31. The van der Waals surface area contributed by atoms with E-state index in [0.29, 0.717) is 41.3 Å². The van der Waals surface area contributed by atoms with E-state index in [1.165, 1.54) is 12.2 Å². The molecule has 0 aromatic heterocycles. The molecule has 0 aliphatic carbocycles. The number of urea groups is 2. The lowest BCUT2D eigenvalue weighted by Gasteiger charge is -2.22. The zero-order valence-electron chi connectivity index (χ0n) is 24.9. The summed E-state index contributed by atoms with van der Waals surface area (Å²) in [6.07, 6.45) is 4.31. The summed E-state index contributed by atoms with van der Waals surface area (Å²) in [7, 11) is 0. The number of aryl methyl sites for hydroxylation is 1. The fourth-order valence-corrected chi connectivity index (χ4v) is 4.74. The molecule has 46 heavy (non-hydrogen) atoms. The lowest BCUT2D eigenvalue weighted by Crippen LogP contribution is -2.42. The molecule has 0 saturated heterocycles. The number of amides is 4. The van der Waals surface area contributed by atoms with Gasteiger partial charge in [-0.15, -0.1) is 0 Å². The highest BCUT2D eigenvalue weighted by molar-refractivity contribution is 6.21. The zero-order chi connectivity index (χ0) is 32.3. The van der Waals surface area contributed by atoms with Gasteiger partial charge in [-0.3, -0.25) is 0 Å². The van der Waals surface area contributed by atoms with E-state index in [9.17, 15) is 19.2 Å². The molecule has 0 atom stereocenters. The first-order chi connectivity index (χ1) is 22.4. The molecule has 0 spiro atoms. The van der Waals surface area contributed by atoms with E-state index < -0.39 is 12.1 Å². The minimum atomic E-state index is -0.622. The molecule has 0 radical (unpaired) electrons. The van der Waals surface area contributed by atoms with Gasteiger partial charge in [0.05, 0.1) is 17.1 Å². The molecule has 0 bridgehead atoms. The Morgan fingerprint density at radius 2 is 0.891 bits per heavy atom. The van der Waals surface area contributed by atoms with Gasteiger partial charge in [-0.05, 0) is 103 Å². The number of hydrogen-bond acceptors (Lipinski definition) is 6. The summed E-state index contributed by atoms with van der Waals surface area (Å²) in [6.45, 7) is 1.95. The van der Waals surface area contributed by atoms with Crippen LogP contribution in [-0.4, -0.2) is 24.2 Å². The Morgan fingerprint density at radius 1 is 0.543 bits per heavy atom. The zero-order valence-corrected chi connectivity index (χ0v) is 24.9. The molecule has 0 unspecified atom stereocenters. The summed E-state index contributed by atoms with van der Waals surface area (Å²) in [5.74, 6) is 0. The number of hydrogen-bond donors (Lipinski definition) is 2. The highest BCUT2D eigenvalue weighted by atomic mass is 16.2. The molecule has 9 nitrogen and oxygen atoms in total. The topological polar surface area (TPSA) is 120 Å². The molecule has 9 heteroatoms. The third kappa shape index (κ3) is 8.36. The van der Waals surface area contributed by atoms with Gasteiger partial charge in [0.1, 0.15) is 0 Å². The quantitative estimate of drug-likeness (QED) is 0.129. The second-order valence-electron chi connectivity index (χ2n) is 10.5. The van der Waals surface area contributed by atoms with Crippen molar-refractivity contribution in [2.24, 2.45) is 9.98 Å². The Bertz CT molecular complexity index is 1910. The largest absolute Gasteiger partial charge is 0.334 e. The number of anilines is 3. The van der Waals surface area contributed by atoms with E-state index in [4.69, 9.17) is 0 Å². The van der Waals surface area contributed by atoms with Crippen LogP contribution < -0.4 is 15.5 Å². The van der Waals surface area contributed by atoms with Crippen LogP contribution in [0.4, 0.5) is 38.0 Å². The van der Waals surface area contributed by atoms with Gasteiger partial charge in [-0.25, -0.2) is 24.1 Å². The standard InChI is InChI=1S/C37H29N5O4/c1-26-2-12-33(13-3-26)40-36(45)42(35-20-10-30(11-21-35)23-28-6-16-32(17-7-28)39-25-44)37(46)41-34-18-8-29(9-19-34)22-27-4-14-31(15-5-27)38-24-43/h2-21H,22-23H2,1H3,(H,40,45)(H,41,46). The normalized spacial score (nSPS) is 10.2. The molecular formula is C37H29N5O4. The number of carbonyl (C=O) groups excluding carboxylic acids is 4. The third-order valence-corrected chi connectivity index (χ3v) is 7.15. The van der Waals surface area contributed by atoms with E-state index in [0.717, 1.165) is 32.7 Å². The van der Waals surface area contributed by atoms with E-state index in [1.807, 2.05) is 67.6 Å². The van der Waals surface area contributed by atoms with Crippen molar-refractivity contribution in [1.29, 1.82) is 0 Å². The van der Waals surface area contributed by atoms with Crippen LogP contribution in [-0.2, 0) is 22.4 Å². The molecule has 0 saturated carbocycles. The minimum Gasteiger partial charge on any atom is -0.307 e. The monoisotopic (exact) mass is 607 g/mol. The average molecular weight is 608 g/mol. The summed E-state index contributed by atoms with van der Waals surface area (Å²) in [5.41, 5.74) is 7.62. The second kappa shape index (κ2) is 14.9. The lowest BCUT2D eigenvalue weighted by atomic mass is 10.0. The summed E-state index contributed by atoms with van der Waals surface area (Å²) in [6, 6.07) is 35.1. The molecule has 0 heterocycles. The first kappa shape index (κ1) is 31.0. The van der Waals surface area contributed by atoms with Gasteiger partial charge in [-0.1, -0.05) is 66.2 Å². The molecule has 2 N–H and O–H groups in total. The van der Waals surface area contributed by atoms with Crippen LogP contribution in [0.3, 0.4) is 0 Å². The maximum Gasteiger partial charge on any atom is 0.334 e. The molecule has 5 aromatic carbocycles. The van der Waals surface area contributed by atoms with Crippen molar-refractivity contribution in [2.75, 3.05) is 15.5 Å². The predicted molar refractivity (Wildman–Crippen MR) is 179 cm³/mol. The predicted octanol–water partition coefficient (Wildman–Crippen LogP) is 8.38. The molecule has 4 amide bonds. The number of isocyanates is 2. The summed E-state index contributed by atoms with van der Waals surface area (Å²) >= 11 is 0. The van der Waals surface area contributed by atoms with E-state index in [-0.39, 0.29) is 0 Å². The Kier molecular flexibility index (Phi) is 10.0. The van der Waals surface area contributed by atoms with Gasteiger partial charge in [-0.2, -0.15) is 9.98 Å². The van der Waals surface area contributed by atoms with Gasteiger partial charge in [0.15, 0.2) is 0 Å². The fraction of sp³-hybridized carbons (Fsp3) is 0.0811. The molecule has 5 rings (SSSR count). The van der Waals surface area contributed by atoms with Crippen molar-refractivity contribution >= 4 is 52.7 Å². The van der Waals surface area contributed by atoms with Crippen LogP contribution in [0.5, 0.6) is 0 Å². The smallest absolute Gasteiger partial charge is 0.307 e. The van der Waals surface area contributed by atoms with Crippen LogP contribution in [0.15, 0.2) is 131 Å². The SMILES string of the molecule is Cc1ccc(NC(=O)N(C(=O)Nc2ccc(Cc3ccc(N=C=O)cc3)cc2)c2ccc(Cc3ccc(N=C=O)cc3)cc2)cc1. The number of imide groups is 1. The molecular weight excluding hydrogens is 578 g/mol. The Morgan fingerprint density at radius 3 is 1.28 bits per heavy atom. The van der Waals surface area contributed by atoms with Gasteiger partial charge in [0.2, 0.25) is 12.2 Å². The first-order valence-electron chi connectivity index (χ1n) is 14.4. The van der Waals surface area contributed by atoms with E-state index >= 15 is 0 Å². The summed E-state index contributed by atoms with van der Waals surface area (Å²) in [4.78, 5) is 56.3. The number of nitrogens with zero attached hydrogens (tertiary/aromatic N) is 3. The fourth-order valence-electron chi connectivity index (χ4n) is 4.74. The van der Waals surface area contributed by atoms with Gasteiger partial charge in [0, 0.05) is 11.4 Å². The number of carbonyl (C=O) groups is 2. The number of benzene rings is 5. The van der Waals surface area contributed by atoms with Crippen molar-refractivity contribution in [1.82, 2.24) is 0 Å². The van der Waals surface area contributed by atoms with Crippen molar-refractivity contribution in [3.63, 3.8) is 0 Å². The molecule has 0 fully saturated rings. The average Bonchev–Trinajstić information content (AvgIpc) is 3.06. The Labute approximate surface area is 266 Å².